The van der Waals surface area contributed by atoms with Crippen LogP contribution in [0.1, 0.15) is 175 Å². The molecule has 18 heteroatoms. The Labute approximate surface area is 697 Å². The van der Waals surface area contributed by atoms with Crippen LogP contribution >= 0.6 is 0 Å². The van der Waals surface area contributed by atoms with Crippen LogP contribution in [-0.2, 0) is 0 Å². The summed E-state index contributed by atoms with van der Waals surface area (Å²) in [7, 11) is 0. The Bertz CT molecular complexity index is 4500. The Hall–Kier alpha value is -13.0. The van der Waals surface area contributed by atoms with Gasteiger partial charge in [-0.1, -0.05) is 173 Å². The van der Waals surface area contributed by atoms with Gasteiger partial charge in [-0.05, 0) is 198 Å². The topological polar surface area (TPSA) is 232 Å². The van der Waals surface area contributed by atoms with Crippen LogP contribution in [0, 0.1) is 62.3 Å². The largest absolute Gasteiger partial charge is 0.264 e. The highest BCUT2D eigenvalue weighted by Crippen LogP contribution is 2.19. The number of rotatable bonds is 0. The minimum Gasteiger partial charge on any atom is -0.264 e. The van der Waals surface area contributed by atoms with Crippen LogP contribution in [0.25, 0.3) is 98.3 Å². The van der Waals surface area contributed by atoms with E-state index in [4.69, 9.17) is 0 Å². The fourth-order valence-electron chi connectivity index (χ4n) is 10.3. The van der Waals surface area contributed by atoms with Crippen molar-refractivity contribution in [2.45, 2.75) is 187 Å². The van der Waals surface area contributed by atoms with Crippen LogP contribution < -0.4 is 0 Å². The van der Waals surface area contributed by atoms with Gasteiger partial charge in [0.25, 0.3) is 0 Å². The molecule has 612 valence electrons. The lowest BCUT2D eigenvalue weighted by atomic mass is 10.1. The number of nitrogens with zero attached hydrogens (tertiary/aromatic N) is 18. The second-order valence-corrected chi connectivity index (χ2v) is 22.5. The number of aryl methyl sites for hydroxylation is 9. The number of hydrogen-bond acceptors (Lipinski definition) is 18. The normalized spacial score (nSPS) is 9.15. The van der Waals surface area contributed by atoms with Crippen LogP contribution in [0.15, 0.2) is 276 Å². The Balaban J connectivity index is 0.000000642. The number of para-hydroxylation sites is 2. The van der Waals surface area contributed by atoms with Crippen molar-refractivity contribution in [3.05, 3.63) is 326 Å². The minimum absolute atomic E-state index is 0.826. The molecule has 0 aliphatic heterocycles. The molecule has 0 saturated heterocycles. The smallest absolute Gasteiger partial charge is 0.159 e. The average Bonchev–Trinajstić information content (AvgIpc) is 0.923. The molecule has 3 aromatic carbocycles. The summed E-state index contributed by atoms with van der Waals surface area (Å²) < 4.78 is 0. The molecule has 15 aromatic heterocycles. The predicted molar refractivity (Wildman–Crippen MR) is 501 cm³/mol. The molecule has 117 heavy (non-hydrogen) atoms. The van der Waals surface area contributed by atoms with Gasteiger partial charge in [-0.2, -0.15) is 0 Å². The third-order valence-corrected chi connectivity index (χ3v) is 15.6. The zero-order valence-electron chi connectivity index (χ0n) is 74.5. The van der Waals surface area contributed by atoms with E-state index < -0.39 is 0 Å². The Morgan fingerprint density at radius 1 is 0.171 bits per heavy atom. The lowest BCUT2D eigenvalue weighted by Crippen LogP contribution is -1.84. The molecule has 15 heterocycles. The second kappa shape index (κ2) is 62.5. The maximum atomic E-state index is 4.22. The van der Waals surface area contributed by atoms with E-state index in [0.29, 0.717) is 0 Å². The van der Waals surface area contributed by atoms with Crippen molar-refractivity contribution in [3.63, 3.8) is 0 Å². The van der Waals surface area contributed by atoms with Crippen LogP contribution in [0.2, 0.25) is 0 Å². The van der Waals surface area contributed by atoms with E-state index in [-0.39, 0.29) is 0 Å². The molecular weight excluding hydrogens is 1440 g/mol. The number of benzene rings is 3. The van der Waals surface area contributed by atoms with E-state index >= 15 is 0 Å². The first-order valence-corrected chi connectivity index (χ1v) is 40.8. The molecule has 0 atom stereocenters. The zero-order chi connectivity index (χ0) is 87.1. The molecule has 0 bridgehead atoms. The molecule has 0 spiro atoms. The van der Waals surface area contributed by atoms with Gasteiger partial charge in [-0.3, -0.25) is 59.8 Å². The quantitative estimate of drug-likeness (QED) is 0.137. The van der Waals surface area contributed by atoms with E-state index in [2.05, 4.69) is 130 Å². The van der Waals surface area contributed by atoms with Crippen molar-refractivity contribution in [3.8, 4) is 0 Å². The summed E-state index contributed by atoms with van der Waals surface area (Å²) >= 11 is 0. The number of hydrogen-bond donors (Lipinski definition) is 0. The predicted octanol–water partition coefficient (Wildman–Crippen LogP) is 26.7. The van der Waals surface area contributed by atoms with Gasteiger partial charge in [0.1, 0.15) is 12.7 Å². The maximum absolute atomic E-state index is 4.22. The maximum Gasteiger partial charge on any atom is 0.159 e. The van der Waals surface area contributed by atoms with Crippen molar-refractivity contribution in [1.82, 2.24) is 89.7 Å². The SMILES string of the molecule is CC.CC.CC.CC.CC.CC.CC.CC.CC.Cc1cccc2cncnc12.Cc1cccc2nccnc12.Cc1cccc2ncncc12.Cc1ccnc2cccnc12.Cc1ccnc2ccncc12.Cc1ccnc2ncccc12.Cc1nccc2cccnc12.Cc1nccc2ccncc12.Cc1nccc2cnccc12. The van der Waals surface area contributed by atoms with E-state index in [1.54, 1.807) is 87.0 Å². The molecule has 0 fully saturated rings. The summed E-state index contributed by atoms with van der Waals surface area (Å²) in [4.78, 5) is 74.3. The molecule has 0 amide bonds. The number of pyridine rings is 12. The van der Waals surface area contributed by atoms with Crippen molar-refractivity contribution in [2.75, 3.05) is 0 Å². The van der Waals surface area contributed by atoms with Gasteiger partial charge in [0.2, 0.25) is 0 Å². The van der Waals surface area contributed by atoms with Crippen molar-refractivity contribution in [1.29, 1.82) is 0 Å². The molecule has 0 unspecified atom stereocenters. The molecule has 18 aromatic rings. The first-order valence-electron chi connectivity index (χ1n) is 40.8. The summed E-state index contributed by atoms with van der Waals surface area (Å²) in [6.45, 7) is 54.3. The van der Waals surface area contributed by atoms with Crippen LogP contribution in [-0.4, -0.2) is 89.7 Å². The average molecular weight is 1570 g/mol. The zero-order valence-corrected chi connectivity index (χ0v) is 74.5. The highest BCUT2D eigenvalue weighted by atomic mass is 14.8. The van der Waals surface area contributed by atoms with Gasteiger partial charge < -0.3 is 0 Å². The minimum atomic E-state index is 0.826. The summed E-state index contributed by atoms with van der Waals surface area (Å²) in [5.41, 5.74) is 19.1. The third-order valence-electron chi connectivity index (χ3n) is 15.6. The number of fused-ring (bicyclic) bond motifs is 9. The Kier molecular flexibility index (Phi) is 54.5. The standard InChI is InChI=1S/9C9H8N2.9C2H6/c1-7-9-3-4-10-6-8(9)2-5-11-7;1-7-2-5-11-9-3-4-10-6-8(7)9;1-7-9-6-10-4-2-8(9)3-5-11-7;1-7-9-8(4-6-10-7)3-2-5-11-9;1-7-4-6-10-8-3-2-5-11-9(7)8;1-7-4-6-11-9-8(7)3-2-5-10-9;1-7-3-2-4-9-8(7)5-10-6-11-9;1-7-3-2-4-8-5-10-6-11-9(7)8;1-7-3-2-4-8-9(7)11-6-5-10-8;9*1-2/h9*2-6H,1H3;9*1-2H3. The van der Waals surface area contributed by atoms with Gasteiger partial charge in [-0.25, -0.2) is 29.9 Å². The van der Waals surface area contributed by atoms with Gasteiger partial charge in [0.05, 0.1) is 49.8 Å². The fourth-order valence-corrected chi connectivity index (χ4v) is 10.3. The van der Waals surface area contributed by atoms with Crippen LogP contribution in [0.3, 0.4) is 0 Å². The molecule has 0 aliphatic rings. The first kappa shape index (κ1) is 102. The van der Waals surface area contributed by atoms with Crippen molar-refractivity contribution < 1.29 is 0 Å². The lowest BCUT2D eigenvalue weighted by molar-refractivity contribution is 1.20. The summed E-state index contributed by atoms with van der Waals surface area (Å²) in [6.07, 6.45) is 37.3. The fraction of sp³-hybridized carbons (Fsp3) is 0.273. The first-order chi connectivity index (χ1) is 57.4. The third kappa shape index (κ3) is 33.9. The van der Waals surface area contributed by atoms with Crippen molar-refractivity contribution >= 4 is 98.3 Å². The van der Waals surface area contributed by atoms with Gasteiger partial charge in [0, 0.05) is 172 Å². The Morgan fingerprint density at radius 3 is 1.15 bits per heavy atom. The van der Waals surface area contributed by atoms with E-state index in [0.717, 1.165) is 105 Å². The van der Waals surface area contributed by atoms with Crippen LogP contribution in [0.5, 0.6) is 0 Å². The summed E-state index contributed by atoms with van der Waals surface area (Å²) in [5, 5.41) is 10.3. The van der Waals surface area contributed by atoms with E-state index in [1.165, 1.54) is 44.2 Å². The number of aromatic nitrogens is 18. The van der Waals surface area contributed by atoms with Crippen LogP contribution in [0.4, 0.5) is 0 Å². The summed E-state index contributed by atoms with van der Waals surface area (Å²) in [5.74, 6) is 0. The molecule has 0 radical (unpaired) electrons. The van der Waals surface area contributed by atoms with Gasteiger partial charge in [-0.15, -0.1) is 0 Å². The van der Waals surface area contributed by atoms with Gasteiger partial charge >= 0.3 is 0 Å². The van der Waals surface area contributed by atoms with Crippen molar-refractivity contribution in [2.24, 2.45) is 0 Å². The second-order valence-electron chi connectivity index (χ2n) is 22.5. The highest BCUT2D eigenvalue weighted by molar-refractivity contribution is 5.86. The summed E-state index contributed by atoms with van der Waals surface area (Å²) in [6, 6.07) is 47.7. The molecular formula is C99H126N18. The molecule has 0 saturated carbocycles. The molecule has 18 nitrogen and oxygen atoms in total. The van der Waals surface area contributed by atoms with E-state index in [9.17, 15) is 0 Å². The highest BCUT2D eigenvalue weighted by Gasteiger charge is 2.02. The molecule has 0 aliphatic carbocycles. The van der Waals surface area contributed by atoms with E-state index in [1.807, 2.05) is 336 Å². The Morgan fingerprint density at radius 2 is 0.538 bits per heavy atom. The molecule has 18 rings (SSSR count). The van der Waals surface area contributed by atoms with Gasteiger partial charge in [0.15, 0.2) is 5.65 Å². The monoisotopic (exact) mass is 1570 g/mol. The molecule has 0 N–H and O–H groups in total. The lowest BCUT2D eigenvalue weighted by Gasteiger charge is -1.97.